The number of amides is 1. The molecule has 1 aromatic heterocycles. The van der Waals surface area contributed by atoms with Gasteiger partial charge in [0.2, 0.25) is 15.9 Å². The van der Waals surface area contributed by atoms with Gasteiger partial charge in [-0.15, -0.1) is 0 Å². The molecule has 1 amide bonds. The van der Waals surface area contributed by atoms with Crippen LogP contribution in [0.4, 0.5) is 4.39 Å². The van der Waals surface area contributed by atoms with Crippen molar-refractivity contribution in [2.45, 2.75) is 37.6 Å². The molecule has 1 atom stereocenters. The van der Waals surface area contributed by atoms with Gasteiger partial charge in [-0.05, 0) is 56.4 Å². The number of nitrogens with zero attached hydrogens (tertiary/aromatic N) is 4. The maximum Gasteiger partial charge on any atom is 0.243 e. The Labute approximate surface area is 176 Å². The van der Waals surface area contributed by atoms with Crippen LogP contribution in [0.5, 0.6) is 0 Å². The quantitative estimate of drug-likeness (QED) is 0.724. The van der Waals surface area contributed by atoms with Crippen LogP contribution >= 0.6 is 0 Å². The average Bonchev–Trinajstić information content (AvgIpc) is 3.39. The lowest BCUT2D eigenvalue weighted by Crippen LogP contribution is -2.43. The Bertz CT molecular complexity index is 998. The lowest BCUT2D eigenvalue weighted by molar-refractivity contribution is -0.136. The minimum Gasteiger partial charge on any atom is -0.342 e. The highest BCUT2D eigenvalue weighted by Crippen LogP contribution is 2.28. The molecule has 0 unspecified atom stereocenters. The van der Waals surface area contributed by atoms with Gasteiger partial charge in [-0.3, -0.25) is 4.79 Å². The van der Waals surface area contributed by atoms with E-state index in [-0.39, 0.29) is 23.3 Å². The SMILES string of the molecule is Cc1nccn1CC1CCN(C(=O)[C@H]2CCN(S(=O)(=O)c3ccc(F)cc3)C2)CC1. The fourth-order valence-electron chi connectivity index (χ4n) is 4.37. The molecular weight excluding hydrogens is 407 g/mol. The normalized spacial score (nSPS) is 21.3. The first-order valence-corrected chi connectivity index (χ1v) is 11.8. The number of hydrogen-bond donors (Lipinski definition) is 0. The fraction of sp³-hybridized carbons (Fsp3) is 0.524. The minimum atomic E-state index is -3.71. The van der Waals surface area contributed by atoms with E-state index in [9.17, 15) is 17.6 Å². The number of piperidine rings is 1. The van der Waals surface area contributed by atoms with Gasteiger partial charge in [-0.1, -0.05) is 0 Å². The summed E-state index contributed by atoms with van der Waals surface area (Å²) in [6, 6.07) is 4.82. The molecule has 0 aliphatic carbocycles. The Kier molecular flexibility index (Phi) is 5.92. The molecule has 162 valence electrons. The maximum absolute atomic E-state index is 13.1. The number of sulfonamides is 1. The van der Waals surface area contributed by atoms with Crippen molar-refractivity contribution >= 4 is 15.9 Å². The molecular formula is C21H27FN4O3S. The van der Waals surface area contributed by atoms with Crippen LogP contribution in [-0.4, -0.2) is 59.3 Å². The third-order valence-corrected chi connectivity index (χ3v) is 8.14. The number of benzene rings is 1. The van der Waals surface area contributed by atoms with Crippen molar-refractivity contribution in [3.63, 3.8) is 0 Å². The van der Waals surface area contributed by atoms with Gasteiger partial charge in [0.05, 0.1) is 10.8 Å². The van der Waals surface area contributed by atoms with Crippen LogP contribution in [0.3, 0.4) is 0 Å². The summed E-state index contributed by atoms with van der Waals surface area (Å²) in [5, 5.41) is 0. The van der Waals surface area contributed by atoms with E-state index in [1.807, 2.05) is 18.0 Å². The van der Waals surface area contributed by atoms with Crippen molar-refractivity contribution in [3.05, 3.63) is 48.3 Å². The summed E-state index contributed by atoms with van der Waals surface area (Å²) in [6.07, 6.45) is 6.19. The summed E-state index contributed by atoms with van der Waals surface area (Å²) in [4.78, 5) is 19.2. The topological polar surface area (TPSA) is 75.5 Å². The van der Waals surface area contributed by atoms with E-state index in [0.29, 0.717) is 32.0 Å². The molecule has 4 rings (SSSR count). The molecule has 2 aliphatic heterocycles. The first kappa shape index (κ1) is 21.0. The first-order chi connectivity index (χ1) is 14.3. The van der Waals surface area contributed by atoms with Gasteiger partial charge in [0.15, 0.2) is 0 Å². The van der Waals surface area contributed by atoms with Crippen LogP contribution in [0.15, 0.2) is 41.6 Å². The van der Waals surface area contributed by atoms with Crippen molar-refractivity contribution in [3.8, 4) is 0 Å². The van der Waals surface area contributed by atoms with Crippen LogP contribution in [0, 0.1) is 24.6 Å². The molecule has 0 N–H and O–H groups in total. The molecule has 30 heavy (non-hydrogen) atoms. The monoisotopic (exact) mass is 434 g/mol. The third-order valence-electron chi connectivity index (χ3n) is 6.26. The molecule has 2 saturated heterocycles. The van der Waals surface area contributed by atoms with Gasteiger partial charge in [-0.25, -0.2) is 17.8 Å². The summed E-state index contributed by atoms with van der Waals surface area (Å²) in [6.45, 7) is 4.82. The summed E-state index contributed by atoms with van der Waals surface area (Å²) < 4.78 is 42.2. The number of halogens is 1. The van der Waals surface area contributed by atoms with Gasteiger partial charge in [-0.2, -0.15) is 4.31 Å². The van der Waals surface area contributed by atoms with Crippen LogP contribution < -0.4 is 0 Å². The summed E-state index contributed by atoms with van der Waals surface area (Å²) >= 11 is 0. The predicted molar refractivity (Wildman–Crippen MR) is 110 cm³/mol. The molecule has 9 heteroatoms. The average molecular weight is 435 g/mol. The van der Waals surface area contributed by atoms with Crippen LogP contribution in [-0.2, 0) is 21.4 Å². The lowest BCUT2D eigenvalue weighted by Gasteiger charge is -2.33. The Morgan fingerprint density at radius 3 is 2.47 bits per heavy atom. The van der Waals surface area contributed by atoms with Gasteiger partial charge >= 0.3 is 0 Å². The second-order valence-corrected chi connectivity index (χ2v) is 10.1. The zero-order valence-corrected chi connectivity index (χ0v) is 17.9. The number of aryl methyl sites for hydroxylation is 1. The van der Waals surface area contributed by atoms with Crippen LogP contribution in [0.1, 0.15) is 25.1 Å². The molecule has 1 aromatic carbocycles. The van der Waals surface area contributed by atoms with Crippen molar-refractivity contribution < 1.29 is 17.6 Å². The van der Waals surface area contributed by atoms with Gasteiger partial charge in [0.1, 0.15) is 11.6 Å². The van der Waals surface area contributed by atoms with Crippen molar-refractivity contribution in [1.29, 1.82) is 0 Å². The molecule has 0 radical (unpaired) electrons. The maximum atomic E-state index is 13.1. The van der Waals surface area contributed by atoms with Crippen molar-refractivity contribution in [2.75, 3.05) is 26.2 Å². The van der Waals surface area contributed by atoms with E-state index in [2.05, 4.69) is 9.55 Å². The van der Waals surface area contributed by atoms with Crippen molar-refractivity contribution in [2.24, 2.45) is 11.8 Å². The van der Waals surface area contributed by atoms with E-state index >= 15 is 0 Å². The predicted octanol–water partition coefficient (Wildman–Crippen LogP) is 2.28. The third kappa shape index (κ3) is 4.27. The van der Waals surface area contributed by atoms with Gasteiger partial charge in [0, 0.05) is 45.1 Å². The van der Waals surface area contributed by atoms with E-state index in [1.54, 1.807) is 6.20 Å². The van der Waals surface area contributed by atoms with Crippen molar-refractivity contribution in [1.82, 2.24) is 18.8 Å². The number of likely N-dealkylation sites (tertiary alicyclic amines) is 1. The zero-order chi connectivity index (χ0) is 21.3. The number of carbonyl (C=O) groups is 1. The molecule has 2 aromatic rings. The minimum absolute atomic E-state index is 0.0454. The second kappa shape index (κ2) is 8.47. The Morgan fingerprint density at radius 2 is 1.83 bits per heavy atom. The summed E-state index contributed by atoms with van der Waals surface area (Å²) in [5.74, 6) is 0.773. The highest BCUT2D eigenvalue weighted by molar-refractivity contribution is 7.89. The van der Waals surface area contributed by atoms with E-state index in [4.69, 9.17) is 0 Å². The number of rotatable bonds is 5. The fourth-order valence-corrected chi connectivity index (χ4v) is 5.87. The van der Waals surface area contributed by atoms with Crippen LogP contribution in [0.2, 0.25) is 0 Å². The standard InChI is InChI=1S/C21H27FN4O3S/c1-16-23-9-13-25(16)14-17-6-10-24(11-7-17)21(27)18-8-12-26(15-18)30(28,29)20-4-2-19(22)3-5-20/h2-5,9,13,17-18H,6-8,10-12,14-15H2,1H3/t18-/m0/s1. The largest absolute Gasteiger partial charge is 0.342 e. The number of aromatic nitrogens is 2. The zero-order valence-electron chi connectivity index (χ0n) is 17.1. The lowest BCUT2D eigenvalue weighted by atomic mass is 9.95. The first-order valence-electron chi connectivity index (χ1n) is 10.4. The second-order valence-electron chi connectivity index (χ2n) is 8.20. The molecule has 2 fully saturated rings. The van der Waals surface area contributed by atoms with E-state index in [1.165, 1.54) is 16.4 Å². The summed E-state index contributed by atoms with van der Waals surface area (Å²) in [5.41, 5.74) is 0. The number of carbonyl (C=O) groups excluding carboxylic acids is 1. The molecule has 3 heterocycles. The summed E-state index contributed by atoms with van der Waals surface area (Å²) in [7, 11) is -3.71. The van der Waals surface area contributed by atoms with E-state index < -0.39 is 15.8 Å². The molecule has 7 nitrogen and oxygen atoms in total. The molecule has 0 saturated carbocycles. The number of hydrogen-bond acceptors (Lipinski definition) is 4. The highest BCUT2D eigenvalue weighted by atomic mass is 32.2. The Balaban J connectivity index is 1.32. The molecule has 0 bridgehead atoms. The van der Waals surface area contributed by atoms with Gasteiger partial charge < -0.3 is 9.47 Å². The Hall–Kier alpha value is -2.26. The molecule has 0 spiro atoms. The van der Waals surface area contributed by atoms with Gasteiger partial charge in [0.25, 0.3) is 0 Å². The van der Waals surface area contributed by atoms with E-state index in [0.717, 1.165) is 37.3 Å². The Morgan fingerprint density at radius 1 is 1.13 bits per heavy atom. The molecule has 2 aliphatic rings. The van der Waals surface area contributed by atoms with Crippen LogP contribution in [0.25, 0.3) is 0 Å². The number of imidazole rings is 1. The highest BCUT2D eigenvalue weighted by Gasteiger charge is 2.38. The smallest absolute Gasteiger partial charge is 0.243 e.